The second-order valence-corrected chi connectivity index (χ2v) is 12.6. The average Bonchev–Trinajstić information content (AvgIpc) is 3.94. The molecule has 8 rings (SSSR count). The highest BCUT2D eigenvalue weighted by molar-refractivity contribution is 6.02. The molecule has 4 atom stereocenters. The zero-order valence-corrected chi connectivity index (χ0v) is 27.6. The van der Waals surface area contributed by atoms with Crippen LogP contribution in [0.15, 0.2) is 79.1 Å². The highest BCUT2D eigenvalue weighted by Crippen LogP contribution is 2.44. The van der Waals surface area contributed by atoms with Crippen LogP contribution in [0.1, 0.15) is 47.7 Å². The number of benzene rings is 3. The van der Waals surface area contributed by atoms with Crippen molar-refractivity contribution in [2.24, 2.45) is 5.92 Å². The number of halogens is 1. The summed E-state index contributed by atoms with van der Waals surface area (Å²) in [6.07, 6.45) is 5.63. The summed E-state index contributed by atoms with van der Waals surface area (Å²) in [5.74, 6) is 1.43. The minimum Gasteiger partial charge on any atom is -0.453 e. The molecule has 3 aromatic carbocycles. The molecule has 5 aromatic rings. The first-order chi connectivity index (χ1) is 23.5. The number of para-hydroxylation sites is 1. The van der Waals surface area contributed by atoms with E-state index in [2.05, 4.69) is 92.3 Å². The van der Waals surface area contributed by atoms with E-state index >= 15 is 0 Å². The lowest BCUT2D eigenvalue weighted by molar-refractivity contribution is -0.121. The Morgan fingerprint density at radius 3 is 2.16 bits per heavy atom. The van der Waals surface area contributed by atoms with E-state index in [9.17, 15) is 14.9 Å². The Morgan fingerprint density at radius 2 is 1.53 bits per heavy atom. The number of nitrogens with one attached hydrogen (secondary N) is 4. The molecule has 11 nitrogen and oxygen atoms in total. The van der Waals surface area contributed by atoms with Gasteiger partial charge in [-0.3, -0.25) is 9.69 Å². The molecule has 3 aliphatic rings. The molecule has 0 bridgehead atoms. The van der Waals surface area contributed by atoms with Gasteiger partial charge in [-0.2, -0.15) is 5.26 Å². The number of H-pyrrole nitrogens is 2. The van der Waals surface area contributed by atoms with Gasteiger partial charge >= 0.3 is 6.09 Å². The van der Waals surface area contributed by atoms with Crippen LogP contribution in [0, 0.1) is 17.2 Å². The van der Waals surface area contributed by atoms with Crippen molar-refractivity contribution in [3.63, 3.8) is 0 Å². The maximum Gasteiger partial charge on any atom is 0.407 e. The molecule has 12 heteroatoms. The molecule has 1 saturated heterocycles. The topological polar surface area (TPSA) is 152 Å². The van der Waals surface area contributed by atoms with Gasteiger partial charge in [0.25, 0.3) is 0 Å². The Kier molecular flexibility index (Phi) is 8.67. The fourth-order valence-corrected chi connectivity index (χ4v) is 7.22. The van der Waals surface area contributed by atoms with Crippen LogP contribution in [0.2, 0.25) is 0 Å². The van der Waals surface area contributed by atoms with Gasteiger partial charge in [-0.05, 0) is 52.6 Å². The van der Waals surface area contributed by atoms with E-state index in [1.807, 2.05) is 23.4 Å². The summed E-state index contributed by atoms with van der Waals surface area (Å²) in [7, 11) is 1.30. The molecule has 4 N–H and O–H groups in total. The number of rotatable bonds is 6. The van der Waals surface area contributed by atoms with Crippen LogP contribution in [0.4, 0.5) is 10.5 Å². The normalized spacial score (nSPS) is 21.0. The van der Waals surface area contributed by atoms with Gasteiger partial charge < -0.3 is 25.3 Å². The van der Waals surface area contributed by atoms with Gasteiger partial charge in [0, 0.05) is 13.0 Å². The van der Waals surface area contributed by atoms with Gasteiger partial charge in [-0.1, -0.05) is 66.7 Å². The molecular formula is C37H35ClN8O3. The smallest absolute Gasteiger partial charge is 0.407 e. The Morgan fingerprint density at radius 1 is 0.918 bits per heavy atom. The highest BCUT2D eigenvalue weighted by Gasteiger charge is 2.43. The van der Waals surface area contributed by atoms with Crippen molar-refractivity contribution in [1.29, 1.82) is 5.26 Å². The van der Waals surface area contributed by atoms with Crippen LogP contribution < -0.4 is 15.5 Å². The third-order valence-corrected chi connectivity index (χ3v) is 9.76. The predicted octanol–water partition coefficient (Wildman–Crippen LogP) is 6.03. The van der Waals surface area contributed by atoms with Crippen LogP contribution >= 0.6 is 12.4 Å². The number of imidazole rings is 2. The van der Waals surface area contributed by atoms with Gasteiger partial charge in [-0.15, -0.1) is 12.4 Å². The van der Waals surface area contributed by atoms with Gasteiger partial charge in [0.15, 0.2) is 0 Å². The number of anilines is 1. The van der Waals surface area contributed by atoms with Crippen molar-refractivity contribution in [3.8, 4) is 39.7 Å². The molecule has 0 unspecified atom stereocenters. The minimum absolute atomic E-state index is 0. The molecule has 2 amide bonds. The first-order valence-corrected chi connectivity index (χ1v) is 16.2. The molecule has 0 radical (unpaired) electrons. The van der Waals surface area contributed by atoms with Crippen molar-refractivity contribution < 1.29 is 14.3 Å². The number of nitriles is 1. The van der Waals surface area contributed by atoms with E-state index in [-0.39, 0.29) is 36.3 Å². The van der Waals surface area contributed by atoms with Crippen molar-refractivity contribution >= 4 is 30.1 Å². The number of aryl methyl sites for hydroxylation is 1. The van der Waals surface area contributed by atoms with Gasteiger partial charge in [0.1, 0.15) is 17.7 Å². The van der Waals surface area contributed by atoms with Crippen molar-refractivity contribution in [3.05, 3.63) is 102 Å². The third-order valence-electron chi connectivity index (χ3n) is 9.76. The van der Waals surface area contributed by atoms with Crippen molar-refractivity contribution in [1.82, 2.24) is 30.6 Å². The number of ether oxygens (including phenoxy) is 1. The fraction of sp³-hybridized carbons (Fsp3) is 0.270. The summed E-state index contributed by atoms with van der Waals surface area (Å²) < 4.78 is 4.80. The first kappa shape index (κ1) is 32.1. The lowest BCUT2D eigenvalue weighted by Gasteiger charge is -2.27. The lowest BCUT2D eigenvalue weighted by Crippen LogP contribution is -2.48. The molecule has 0 aliphatic carbocycles. The summed E-state index contributed by atoms with van der Waals surface area (Å²) >= 11 is 0. The van der Waals surface area contributed by atoms with Crippen LogP contribution in [-0.4, -0.2) is 51.6 Å². The summed E-state index contributed by atoms with van der Waals surface area (Å²) in [4.78, 5) is 43.9. The van der Waals surface area contributed by atoms with E-state index in [1.165, 1.54) is 7.11 Å². The second kappa shape index (κ2) is 13.2. The zero-order valence-electron chi connectivity index (χ0n) is 26.8. The number of aromatic nitrogens is 4. The number of carbonyl (C=O) groups is 2. The Hall–Kier alpha value is -5.44. The Bertz CT molecular complexity index is 2050. The van der Waals surface area contributed by atoms with Gasteiger partial charge in [0.2, 0.25) is 5.91 Å². The molecule has 1 fully saturated rings. The van der Waals surface area contributed by atoms with E-state index in [0.717, 1.165) is 62.7 Å². The van der Waals surface area contributed by atoms with Crippen LogP contribution in [0.3, 0.4) is 0 Å². The second-order valence-electron chi connectivity index (χ2n) is 12.6. The third kappa shape index (κ3) is 5.94. The maximum absolute atomic E-state index is 13.8. The highest BCUT2D eigenvalue weighted by atomic mass is 35.5. The standard InChI is InChI=1S/C37H34N8O3.ClH/c1-48-37(47)44-28-14-13-26-3-2-4-27-16-32(45(33(26)27)36(28)46)35-41-20-31(43-35)25-11-7-23(8-12-25)22-5-9-24(10-6-22)30-19-40-34(42-30)29-15-21(17-38)18-39-29;/h2-12,19-21,28-29,32,39H,13-16,18H2,1H3,(H,40,42)(H,41,43)(H,44,47);1H/t21-,28+,29+,32+;/m1./s1. The predicted molar refractivity (Wildman–Crippen MR) is 187 cm³/mol. The average molecular weight is 675 g/mol. The molecule has 0 spiro atoms. The largest absolute Gasteiger partial charge is 0.453 e. The molecule has 49 heavy (non-hydrogen) atoms. The number of aromatic amines is 2. The number of alkyl carbamates (subject to hydrolysis) is 1. The van der Waals surface area contributed by atoms with E-state index in [1.54, 1.807) is 0 Å². The van der Waals surface area contributed by atoms with Crippen LogP contribution in [0.5, 0.6) is 0 Å². The summed E-state index contributed by atoms with van der Waals surface area (Å²) in [6, 6.07) is 24.3. The Labute approximate surface area is 289 Å². The zero-order chi connectivity index (χ0) is 32.8. The quantitative estimate of drug-likeness (QED) is 0.172. The summed E-state index contributed by atoms with van der Waals surface area (Å²) in [5.41, 5.74) is 9.16. The van der Waals surface area contributed by atoms with E-state index in [4.69, 9.17) is 9.72 Å². The number of carbonyl (C=O) groups excluding carboxylic acids is 2. The van der Waals surface area contributed by atoms with Crippen LogP contribution in [0.25, 0.3) is 33.6 Å². The molecule has 3 aliphatic heterocycles. The first-order valence-electron chi connectivity index (χ1n) is 16.2. The SMILES string of the molecule is COC(=O)N[C@H]1CCc2cccc3c2N(C1=O)[C@H](c1ncc(-c2ccc(-c4ccc(-c5cnc([C@@H]6C[C@H](C#N)CN6)[nH]5)cc4)cc2)[nH]1)C3.Cl. The molecule has 5 heterocycles. The van der Waals surface area contributed by atoms with Crippen LogP contribution in [-0.2, 0) is 22.4 Å². The van der Waals surface area contributed by atoms with Crippen molar-refractivity contribution in [2.45, 2.75) is 43.8 Å². The number of hydrogen-bond acceptors (Lipinski definition) is 7. The number of amides is 2. The molecule has 2 aromatic heterocycles. The van der Waals surface area contributed by atoms with E-state index < -0.39 is 12.1 Å². The molecule has 248 valence electrons. The fourth-order valence-electron chi connectivity index (χ4n) is 7.22. The maximum atomic E-state index is 13.8. The monoisotopic (exact) mass is 674 g/mol. The molecule has 0 saturated carbocycles. The van der Waals surface area contributed by atoms with Gasteiger partial charge in [-0.25, -0.2) is 14.8 Å². The lowest BCUT2D eigenvalue weighted by atomic mass is 10.0. The summed E-state index contributed by atoms with van der Waals surface area (Å²) in [6.45, 7) is 0.694. The van der Waals surface area contributed by atoms with Crippen molar-refractivity contribution in [2.75, 3.05) is 18.6 Å². The van der Waals surface area contributed by atoms with E-state index in [0.29, 0.717) is 31.6 Å². The Balaban J connectivity index is 0.00000378. The number of hydrogen-bond donors (Lipinski definition) is 4. The number of nitrogens with zero attached hydrogens (tertiary/aromatic N) is 4. The molecular weight excluding hydrogens is 640 g/mol. The van der Waals surface area contributed by atoms with Gasteiger partial charge in [0.05, 0.1) is 60.6 Å². The number of methoxy groups -OCH3 is 1. The minimum atomic E-state index is -0.682. The summed E-state index contributed by atoms with van der Waals surface area (Å²) in [5, 5.41) is 15.3.